The SMILES string of the molecule is COc1ccc(-c2cc(-c3cccc([N+](=O)[O-])c3)nc(NS(=O)(=O)c3c([O-])on[n+]3-c3ccc(Cl)cc3)n2)cc1. The zero-order valence-corrected chi connectivity index (χ0v) is 22.0. The van der Waals surface area contributed by atoms with Crippen molar-refractivity contribution in [2.45, 2.75) is 5.03 Å². The van der Waals surface area contributed by atoms with Crippen molar-refractivity contribution >= 4 is 33.3 Å². The Balaban J connectivity index is 1.61. The molecule has 0 bridgehead atoms. The normalized spacial score (nSPS) is 11.2. The van der Waals surface area contributed by atoms with Gasteiger partial charge in [-0.25, -0.2) is 14.7 Å². The number of nitrogens with zero attached hydrogens (tertiary/aromatic N) is 5. The number of halogens is 1. The van der Waals surface area contributed by atoms with Gasteiger partial charge < -0.3 is 14.4 Å². The van der Waals surface area contributed by atoms with Crippen molar-refractivity contribution in [2.24, 2.45) is 0 Å². The first kappa shape index (κ1) is 26.5. The number of ether oxygens (including phenoxy) is 1. The van der Waals surface area contributed by atoms with Crippen molar-refractivity contribution in [3.05, 3.63) is 94.0 Å². The second-order valence-corrected chi connectivity index (χ2v) is 10.2. The third kappa shape index (κ3) is 5.39. The molecule has 5 aromatic rings. The zero-order valence-electron chi connectivity index (χ0n) is 20.4. The number of nitro benzene ring substituents is 1. The molecule has 13 nitrogen and oxygen atoms in total. The lowest BCUT2D eigenvalue weighted by Gasteiger charge is -2.10. The van der Waals surface area contributed by atoms with Crippen LogP contribution in [0, 0.1) is 10.1 Å². The van der Waals surface area contributed by atoms with E-state index in [0.29, 0.717) is 21.9 Å². The van der Waals surface area contributed by atoms with Crippen LogP contribution in [0.25, 0.3) is 28.2 Å². The predicted octanol–water partition coefficient (Wildman–Crippen LogP) is 3.52. The Hall–Kier alpha value is -5.08. The van der Waals surface area contributed by atoms with E-state index in [1.165, 1.54) is 49.6 Å². The first-order valence-electron chi connectivity index (χ1n) is 11.3. The Morgan fingerprint density at radius 2 is 1.65 bits per heavy atom. The number of rotatable bonds is 8. The summed E-state index contributed by atoms with van der Waals surface area (Å²) in [6.07, 6.45) is 0. The minimum atomic E-state index is -4.66. The van der Waals surface area contributed by atoms with Gasteiger partial charge in [0.1, 0.15) is 5.75 Å². The zero-order chi connectivity index (χ0) is 28.4. The lowest BCUT2D eigenvalue weighted by molar-refractivity contribution is -0.706. The van der Waals surface area contributed by atoms with Gasteiger partial charge in [0.15, 0.2) is 5.95 Å². The van der Waals surface area contributed by atoms with Gasteiger partial charge >= 0.3 is 15.0 Å². The van der Waals surface area contributed by atoms with Crippen molar-refractivity contribution in [3.8, 4) is 39.9 Å². The molecule has 2 heterocycles. The van der Waals surface area contributed by atoms with Crippen LogP contribution in [0.4, 0.5) is 11.6 Å². The van der Waals surface area contributed by atoms with E-state index in [9.17, 15) is 23.6 Å². The van der Waals surface area contributed by atoms with E-state index in [1.54, 1.807) is 36.4 Å². The molecule has 0 unspecified atom stereocenters. The average Bonchev–Trinajstić information content (AvgIpc) is 3.35. The monoisotopic (exact) mass is 580 g/mol. The number of anilines is 1. The fraction of sp³-hybridized carbons (Fsp3) is 0.0400. The Labute approximate surface area is 231 Å². The molecule has 0 atom stereocenters. The quantitative estimate of drug-likeness (QED) is 0.162. The summed E-state index contributed by atoms with van der Waals surface area (Å²) >= 11 is 5.91. The number of non-ortho nitro benzene ring substituents is 1. The minimum Gasteiger partial charge on any atom is -0.538 e. The molecule has 0 saturated carbocycles. The maximum atomic E-state index is 13.4. The van der Waals surface area contributed by atoms with Gasteiger partial charge in [-0.05, 0) is 47.1 Å². The summed E-state index contributed by atoms with van der Waals surface area (Å²) in [4.78, 5) is 19.4. The molecule has 0 fully saturated rings. The van der Waals surface area contributed by atoms with Gasteiger partial charge in [0, 0.05) is 40.4 Å². The molecule has 0 saturated heterocycles. The molecule has 40 heavy (non-hydrogen) atoms. The highest BCUT2D eigenvalue weighted by atomic mass is 35.5. The Kier molecular flexibility index (Phi) is 7.02. The third-order valence-corrected chi connectivity index (χ3v) is 7.14. The minimum absolute atomic E-state index is 0.181. The van der Waals surface area contributed by atoms with Crippen LogP contribution < -0.4 is 19.2 Å². The highest BCUT2D eigenvalue weighted by Gasteiger charge is 2.34. The molecular weight excluding hydrogens is 564 g/mol. The molecule has 5 rings (SSSR count). The summed E-state index contributed by atoms with van der Waals surface area (Å²) < 4.78 is 39.7. The van der Waals surface area contributed by atoms with Gasteiger partial charge in [-0.3, -0.25) is 10.1 Å². The summed E-state index contributed by atoms with van der Waals surface area (Å²) in [5.74, 6) is -1.05. The van der Waals surface area contributed by atoms with Gasteiger partial charge in [-0.1, -0.05) is 23.7 Å². The van der Waals surface area contributed by atoms with Crippen LogP contribution in [-0.2, 0) is 10.0 Å². The Bertz CT molecular complexity index is 1830. The van der Waals surface area contributed by atoms with Gasteiger partial charge in [-0.2, -0.15) is 8.42 Å². The molecular formula is C25H17ClN6O7S. The van der Waals surface area contributed by atoms with Gasteiger partial charge in [-0.15, -0.1) is 0 Å². The third-order valence-electron chi connectivity index (χ3n) is 5.59. The number of methoxy groups -OCH3 is 1. The van der Waals surface area contributed by atoms with Crippen LogP contribution in [0.2, 0.25) is 5.02 Å². The molecule has 0 aliphatic carbocycles. The summed E-state index contributed by atoms with van der Waals surface area (Å²) in [5, 5.41) is 26.9. The molecule has 0 aliphatic heterocycles. The summed E-state index contributed by atoms with van der Waals surface area (Å²) in [7, 11) is -3.15. The van der Waals surface area contributed by atoms with Gasteiger partial charge in [0.05, 0.1) is 28.7 Å². The van der Waals surface area contributed by atoms with Gasteiger partial charge in [0.25, 0.3) is 5.69 Å². The van der Waals surface area contributed by atoms with Crippen molar-refractivity contribution in [1.82, 2.24) is 15.2 Å². The van der Waals surface area contributed by atoms with Crippen molar-refractivity contribution < 1.29 is 32.4 Å². The van der Waals surface area contributed by atoms with Crippen LogP contribution in [0.15, 0.2) is 88.4 Å². The fourth-order valence-electron chi connectivity index (χ4n) is 3.71. The first-order valence-corrected chi connectivity index (χ1v) is 13.2. The van der Waals surface area contributed by atoms with Gasteiger partial charge in [0.2, 0.25) is 11.6 Å². The molecule has 0 amide bonds. The fourth-order valence-corrected chi connectivity index (χ4v) is 4.89. The van der Waals surface area contributed by atoms with E-state index < -0.39 is 31.9 Å². The maximum Gasteiger partial charge on any atom is 0.373 e. The number of nitrogens with one attached hydrogen (secondary N) is 1. The number of hydrogen-bond donors (Lipinski definition) is 1. The average molecular weight is 581 g/mol. The number of hydrogen-bond acceptors (Lipinski definition) is 10. The van der Waals surface area contributed by atoms with Crippen LogP contribution in [0.1, 0.15) is 0 Å². The highest BCUT2D eigenvalue weighted by molar-refractivity contribution is 7.92. The molecule has 202 valence electrons. The molecule has 3 aromatic carbocycles. The van der Waals surface area contributed by atoms with Crippen molar-refractivity contribution in [1.29, 1.82) is 0 Å². The van der Waals surface area contributed by atoms with Crippen LogP contribution in [0.5, 0.6) is 11.7 Å². The number of aromatic nitrogens is 4. The lowest BCUT2D eigenvalue weighted by atomic mass is 10.1. The van der Waals surface area contributed by atoms with E-state index in [4.69, 9.17) is 16.3 Å². The van der Waals surface area contributed by atoms with Crippen molar-refractivity contribution in [3.63, 3.8) is 0 Å². The molecule has 2 aromatic heterocycles. The second-order valence-electron chi connectivity index (χ2n) is 8.16. The highest BCUT2D eigenvalue weighted by Crippen LogP contribution is 2.29. The van der Waals surface area contributed by atoms with Crippen LogP contribution >= 0.6 is 11.6 Å². The topological polar surface area (TPSA) is 177 Å². The number of sulfonamides is 1. The standard InChI is InChI=1S/C25H17ClN6O7S/c1-38-20-11-5-15(6-12-20)21-14-22(16-3-2-4-19(13-16)32(34)35)28-25(27-21)29-40(36,37)23-24(33)39-30-31(23)18-9-7-17(26)8-10-18/h2-14H,1H3,(H-,27,28,29,30,33). The summed E-state index contributed by atoms with van der Waals surface area (Å²) in [6, 6.07) is 19.8. The number of nitro groups is 1. The first-order chi connectivity index (χ1) is 19.1. The molecule has 0 spiro atoms. The molecule has 1 N–H and O–H groups in total. The largest absolute Gasteiger partial charge is 0.538 e. The Morgan fingerprint density at radius 3 is 2.30 bits per heavy atom. The maximum absolute atomic E-state index is 13.4. The molecule has 15 heteroatoms. The summed E-state index contributed by atoms with van der Waals surface area (Å²) in [5.41, 5.74) is 1.38. The summed E-state index contributed by atoms with van der Waals surface area (Å²) in [6.45, 7) is 0. The predicted molar refractivity (Wildman–Crippen MR) is 139 cm³/mol. The van der Waals surface area contributed by atoms with E-state index >= 15 is 0 Å². The van der Waals surface area contributed by atoms with E-state index in [2.05, 4.69) is 24.5 Å². The van der Waals surface area contributed by atoms with Crippen LogP contribution in [-0.4, -0.2) is 35.7 Å². The molecule has 0 aliphatic rings. The smallest absolute Gasteiger partial charge is 0.373 e. The number of benzene rings is 3. The lowest BCUT2D eigenvalue weighted by Crippen LogP contribution is -2.40. The second kappa shape index (κ2) is 10.6. The van der Waals surface area contributed by atoms with Crippen molar-refractivity contribution in [2.75, 3.05) is 11.8 Å². The molecule has 0 radical (unpaired) electrons. The van der Waals surface area contributed by atoms with E-state index in [-0.39, 0.29) is 22.8 Å². The van der Waals surface area contributed by atoms with Crippen LogP contribution in [0.3, 0.4) is 0 Å². The van der Waals surface area contributed by atoms with E-state index in [1.807, 2.05) is 0 Å². The Morgan fingerprint density at radius 1 is 0.975 bits per heavy atom. The van der Waals surface area contributed by atoms with E-state index in [0.717, 1.165) is 4.68 Å².